The van der Waals surface area contributed by atoms with Crippen molar-refractivity contribution >= 4 is 25.0 Å². The molecule has 0 fully saturated rings. The molecule has 0 bridgehead atoms. The largest absolute Gasteiger partial charge is 0.398 e. The molecule has 0 saturated heterocycles. The van der Waals surface area contributed by atoms with Crippen molar-refractivity contribution in [3.63, 3.8) is 0 Å². The number of para-hydroxylation sites is 1. The molecule has 3 N–H and O–H groups in total. The maximum atomic E-state index is 11.3. The van der Waals surface area contributed by atoms with Gasteiger partial charge in [0.1, 0.15) is 4.99 Å². The van der Waals surface area contributed by atoms with E-state index in [1.807, 2.05) is 18.2 Å². The monoisotopic (exact) mass is 295 g/mol. The van der Waals surface area contributed by atoms with Crippen molar-refractivity contribution in [3.05, 3.63) is 54.1 Å². The molecule has 0 aliphatic rings. The lowest BCUT2D eigenvalue weighted by Crippen LogP contribution is -2.07. The van der Waals surface area contributed by atoms with Crippen molar-refractivity contribution in [2.45, 2.75) is 4.99 Å². The predicted molar refractivity (Wildman–Crippen MR) is 80.3 cm³/mol. The molecule has 0 heterocycles. The highest BCUT2D eigenvalue weighted by atomic mass is 32.2. The summed E-state index contributed by atoms with van der Waals surface area (Å²) >= 11 is 0. The Kier molecular flexibility index (Phi) is 3.90. The van der Waals surface area contributed by atoms with E-state index in [1.165, 1.54) is 0 Å². The lowest BCUT2D eigenvalue weighted by Gasteiger charge is -2.15. The van der Waals surface area contributed by atoms with Crippen molar-refractivity contribution < 1.29 is 13.0 Å². The molecule has 0 radical (unpaired) electrons. The van der Waals surface area contributed by atoms with Crippen molar-refractivity contribution in [1.29, 1.82) is 0 Å². The van der Waals surface area contributed by atoms with Gasteiger partial charge in [-0.2, -0.15) is 8.42 Å². The smallest absolute Gasteiger partial charge is 0.275 e. The summed E-state index contributed by atoms with van der Waals surface area (Å²) in [5.41, 5.74) is 8.40. The van der Waals surface area contributed by atoms with Gasteiger partial charge in [-0.05, 0) is 17.2 Å². The van der Waals surface area contributed by atoms with Crippen LogP contribution in [0.3, 0.4) is 0 Å². The second-order valence-electron chi connectivity index (χ2n) is 4.11. The average molecular weight is 295 g/mol. The fraction of sp³-hybridized carbons (Fsp3) is 0.0769. The predicted octanol–water partition coefficient (Wildman–Crippen LogP) is 2.70. The quantitative estimate of drug-likeness (QED) is 0.518. The first-order chi connectivity index (χ1) is 8.91. The van der Waals surface area contributed by atoms with Gasteiger partial charge in [-0.3, -0.25) is 4.55 Å². The van der Waals surface area contributed by atoms with E-state index >= 15 is 0 Å². The van der Waals surface area contributed by atoms with Crippen molar-refractivity contribution in [2.75, 3.05) is 5.73 Å². The Balaban J connectivity index is 2.64. The standard InChI is InChI=1S/C13H14NO3PS/c14-12-8-4-3-6-10(12)9-5-1-2-7-11(9)13(18)19(15,16)17/h1-8,13H,14,18H2,(H,15,16,17). The number of benzene rings is 2. The van der Waals surface area contributed by atoms with Crippen LogP contribution < -0.4 is 5.73 Å². The normalized spacial score (nSPS) is 13.2. The van der Waals surface area contributed by atoms with Gasteiger partial charge < -0.3 is 5.73 Å². The minimum Gasteiger partial charge on any atom is -0.398 e. The van der Waals surface area contributed by atoms with Crippen LogP contribution in [0.4, 0.5) is 5.69 Å². The lowest BCUT2D eigenvalue weighted by atomic mass is 9.99. The lowest BCUT2D eigenvalue weighted by molar-refractivity contribution is 0.481. The summed E-state index contributed by atoms with van der Waals surface area (Å²) in [6.07, 6.45) is 0. The molecule has 100 valence electrons. The maximum absolute atomic E-state index is 11.3. The second-order valence-corrected chi connectivity index (χ2v) is 6.80. The van der Waals surface area contributed by atoms with Gasteiger partial charge in [-0.15, -0.1) is 9.24 Å². The van der Waals surface area contributed by atoms with Crippen LogP contribution >= 0.6 is 9.24 Å². The van der Waals surface area contributed by atoms with Gasteiger partial charge in [0.15, 0.2) is 0 Å². The van der Waals surface area contributed by atoms with Crippen LogP contribution in [-0.2, 0) is 10.1 Å². The Morgan fingerprint density at radius 3 is 2.11 bits per heavy atom. The molecule has 0 aliphatic heterocycles. The molecule has 2 aromatic rings. The van der Waals surface area contributed by atoms with E-state index in [-0.39, 0.29) is 0 Å². The first-order valence-corrected chi connectivity index (χ1v) is 7.74. The summed E-state index contributed by atoms with van der Waals surface area (Å²) in [6.45, 7) is 0. The van der Waals surface area contributed by atoms with E-state index in [0.717, 1.165) is 5.56 Å². The molecule has 2 rings (SSSR count). The van der Waals surface area contributed by atoms with Crippen LogP contribution in [-0.4, -0.2) is 13.0 Å². The fourth-order valence-corrected chi connectivity index (χ4v) is 2.71. The molecule has 2 aromatic carbocycles. The third-order valence-corrected chi connectivity index (χ3v) is 5.13. The average Bonchev–Trinajstić information content (AvgIpc) is 2.37. The van der Waals surface area contributed by atoms with Gasteiger partial charge in [0, 0.05) is 11.3 Å². The Labute approximate surface area is 114 Å². The summed E-state index contributed by atoms with van der Waals surface area (Å²) in [5, 5.41) is 0. The van der Waals surface area contributed by atoms with E-state index in [9.17, 15) is 13.0 Å². The Morgan fingerprint density at radius 2 is 1.53 bits per heavy atom. The molecule has 0 saturated carbocycles. The highest BCUT2D eigenvalue weighted by Gasteiger charge is 2.23. The minimum atomic E-state index is -4.18. The highest BCUT2D eigenvalue weighted by Crippen LogP contribution is 2.37. The van der Waals surface area contributed by atoms with Gasteiger partial charge in [-0.25, -0.2) is 0 Å². The van der Waals surface area contributed by atoms with Gasteiger partial charge in [0.25, 0.3) is 10.1 Å². The van der Waals surface area contributed by atoms with Crippen LogP contribution in [0.2, 0.25) is 0 Å². The number of rotatable bonds is 3. The van der Waals surface area contributed by atoms with Crippen LogP contribution in [0.1, 0.15) is 10.6 Å². The number of nitrogens with two attached hydrogens (primary N) is 1. The van der Waals surface area contributed by atoms with E-state index in [2.05, 4.69) is 9.24 Å². The number of hydrogen-bond donors (Lipinski definition) is 2. The molecule has 4 nitrogen and oxygen atoms in total. The Bertz CT molecular complexity index is 701. The molecule has 19 heavy (non-hydrogen) atoms. The number of hydrogen-bond acceptors (Lipinski definition) is 3. The summed E-state index contributed by atoms with van der Waals surface area (Å²) in [6, 6.07) is 14.2. The summed E-state index contributed by atoms with van der Waals surface area (Å²) in [4.78, 5) is -1.08. The van der Waals surface area contributed by atoms with Gasteiger partial charge in [0.05, 0.1) is 0 Å². The Hall–Kier alpha value is -1.42. The van der Waals surface area contributed by atoms with Crippen molar-refractivity contribution in [1.82, 2.24) is 0 Å². The molecule has 0 aliphatic carbocycles. The minimum absolute atomic E-state index is 0.493. The van der Waals surface area contributed by atoms with E-state index in [0.29, 0.717) is 16.8 Å². The van der Waals surface area contributed by atoms with E-state index in [1.54, 1.807) is 30.3 Å². The molecular formula is C13H14NO3PS. The molecule has 2 unspecified atom stereocenters. The SMILES string of the molecule is Nc1ccccc1-c1ccccc1C(P)S(=O)(=O)O. The second kappa shape index (κ2) is 5.29. The zero-order valence-electron chi connectivity index (χ0n) is 10.0. The zero-order chi connectivity index (χ0) is 14.0. The van der Waals surface area contributed by atoms with Crippen LogP contribution in [0.25, 0.3) is 11.1 Å². The summed E-state index contributed by atoms with van der Waals surface area (Å²) in [7, 11) is -2.04. The molecule has 0 spiro atoms. The van der Waals surface area contributed by atoms with E-state index < -0.39 is 15.1 Å². The van der Waals surface area contributed by atoms with Crippen LogP contribution in [0.15, 0.2) is 48.5 Å². The van der Waals surface area contributed by atoms with Crippen molar-refractivity contribution in [2.24, 2.45) is 0 Å². The third-order valence-electron chi connectivity index (χ3n) is 2.84. The maximum Gasteiger partial charge on any atom is 0.275 e. The Morgan fingerprint density at radius 1 is 1.00 bits per heavy atom. The number of anilines is 1. The number of nitrogen functional groups attached to an aromatic ring is 1. The molecule has 6 heteroatoms. The van der Waals surface area contributed by atoms with Gasteiger partial charge in [-0.1, -0.05) is 42.5 Å². The molecule has 0 aromatic heterocycles. The molecule has 2 atom stereocenters. The van der Waals surface area contributed by atoms with Gasteiger partial charge >= 0.3 is 0 Å². The van der Waals surface area contributed by atoms with Gasteiger partial charge in [0.2, 0.25) is 0 Å². The highest BCUT2D eigenvalue weighted by molar-refractivity contribution is 7.90. The van der Waals surface area contributed by atoms with Crippen LogP contribution in [0.5, 0.6) is 0 Å². The topological polar surface area (TPSA) is 80.4 Å². The first-order valence-electron chi connectivity index (χ1n) is 5.57. The summed E-state index contributed by atoms with van der Waals surface area (Å²) < 4.78 is 31.8. The fourth-order valence-electron chi connectivity index (χ4n) is 1.89. The zero-order valence-corrected chi connectivity index (χ0v) is 12.0. The molecule has 0 amide bonds. The summed E-state index contributed by atoms with van der Waals surface area (Å²) in [5.74, 6) is 0. The van der Waals surface area contributed by atoms with Crippen LogP contribution in [0, 0.1) is 0 Å². The third kappa shape index (κ3) is 2.95. The van der Waals surface area contributed by atoms with E-state index in [4.69, 9.17) is 5.73 Å². The first kappa shape index (κ1) is 14.0. The van der Waals surface area contributed by atoms with Crippen molar-refractivity contribution in [3.8, 4) is 11.1 Å². The molecular weight excluding hydrogens is 281 g/mol.